The van der Waals surface area contributed by atoms with E-state index in [0.717, 1.165) is 32.5 Å². The fourth-order valence-corrected chi connectivity index (χ4v) is 4.13. The Morgan fingerprint density at radius 2 is 1.83 bits per heavy atom. The van der Waals surface area contributed by atoms with E-state index in [-0.39, 0.29) is 11.7 Å². The van der Waals surface area contributed by atoms with Crippen LogP contribution in [0.4, 0.5) is 10.1 Å². The van der Waals surface area contributed by atoms with Gasteiger partial charge in [-0.3, -0.25) is 9.20 Å². The Kier molecular flexibility index (Phi) is 5.07. The number of halogens is 1. The van der Waals surface area contributed by atoms with Gasteiger partial charge in [0, 0.05) is 47.7 Å². The highest BCUT2D eigenvalue weighted by atomic mass is 32.1. The number of imidazole rings is 1. The molecule has 0 bridgehead atoms. The number of rotatable bonds is 5. The second kappa shape index (κ2) is 7.67. The Hall–Kier alpha value is -3.19. The van der Waals surface area contributed by atoms with E-state index in [1.165, 1.54) is 12.1 Å². The molecule has 4 rings (SSSR count). The molecular formula is C22H21FN4OS. The van der Waals surface area contributed by atoms with Gasteiger partial charge in [-0.15, -0.1) is 0 Å². The van der Waals surface area contributed by atoms with Crippen molar-refractivity contribution in [3.63, 3.8) is 0 Å². The van der Waals surface area contributed by atoms with Crippen LogP contribution in [0.15, 0.2) is 54.7 Å². The number of benzene rings is 2. The number of hydrogen-bond donors (Lipinski definition) is 1. The largest absolute Gasteiger partial charge is 0.378 e. The van der Waals surface area contributed by atoms with Crippen LogP contribution in [0, 0.1) is 12.7 Å². The lowest BCUT2D eigenvalue weighted by atomic mass is 10.2. The zero-order chi connectivity index (χ0) is 20.5. The van der Waals surface area contributed by atoms with Crippen LogP contribution in [-0.2, 0) is 6.54 Å². The molecular weight excluding hydrogens is 387 g/mol. The maximum absolute atomic E-state index is 13.1. The average Bonchev–Trinajstić information content (AvgIpc) is 3.26. The van der Waals surface area contributed by atoms with Crippen LogP contribution >= 0.6 is 11.3 Å². The Bertz CT molecular complexity index is 1160. The molecule has 0 aliphatic carbocycles. The van der Waals surface area contributed by atoms with Gasteiger partial charge in [-0.1, -0.05) is 11.3 Å². The zero-order valence-electron chi connectivity index (χ0n) is 16.4. The zero-order valence-corrected chi connectivity index (χ0v) is 17.3. The van der Waals surface area contributed by atoms with E-state index in [9.17, 15) is 9.18 Å². The second-order valence-electron chi connectivity index (χ2n) is 7.02. The lowest BCUT2D eigenvalue weighted by Gasteiger charge is -2.12. The maximum atomic E-state index is 13.1. The molecule has 0 saturated heterocycles. The molecule has 0 aliphatic rings. The molecule has 2 aromatic carbocycles. The molecule has 2 heterocycles. The van der Waals surface area contributed by atoms with Crippen molar-refractivity contribution in [3.8, 4) is 11.3 Å². The number of aromatic nitrogens is 2. The normalized spacial score (nSPS) is 11.0. The fourth-order valence-electron chi connectivity index (χ4n) is 3.09. The van der Waals surface area contributed by atoms with Gasteiger partial charge in [0.2, 0.25) is 0 Å². The summed E-state index contributed by atoms with van der Waals surface area (Å²) in [4.78, 5) is 21.0. The van der Waals surface area contributed by atoms with Gasteiger partial charge in [0.1, 0.15) is 5.82 Å². The van der Waals surface area contributed by atoms with E-state index in [1.54, 1.807) is 23.5 Å². The number of carbonyl (C=O) groups excluding carboxylic acids is 1. The molecule has 148 valence electrons. The van der Waals surface area contributed by atoms with Crippen molar-refractivity contribution in [2.45, 2.75) is 13.5 Å². The molecule has 0 fully saturated rings. The maximum Gasteiger partial charge on any atom is 0.251 e. The highest BCUT2D eigenvalue weighted by Crippen LogP contribution is 2.27. The number of aryl methyl sites for hydroxylation is 1. The van der Waals surface area contributed by atoms with Crippen LogP contribution in [-0.4, -0.2) is 29.4 Å². The molecule has 4 aromatic rings. The number of fused-ring (bicyclic) bond motifs is 1. The minimum Gasteiger partial charge on any atom is -0.378 e. The van der Waals surface area contributed by atoms with E-state index in [0.29, 0.717) is 12.1 Å². The van der Waals surface area contributed by atoms with Crippen molar-refractivity contribution in [2.24, 2.45) is 0 Å². The minimum absolute atomic E-state index is 0.104. The van der Waals surface area contributed by atoms with Gasteiger partial charge in [-0.2, -0.15) is 0 Å². The van der Waals surface area contributed by atoms with Gasteiger partial charge < -0.3 is 10.2 Å². The summed E-state index contributed by atoms with van der Waals surface area (Å²) in [7, 11) is 3.93. The van der Waals surface area contributed by atoms with Crippen molar-refractivity contribution < 1.29 is 9.18 Å². The van der Waals surface area contributed by atoms with Crippen LogP contribution < -0.4 is 10.2 Å². The number of hydrogen-bond acceptors (Lipinski definition) is 4. The topological polar surface area (TPSA) is 49.6 Å². The Morgan fingerprint density at radius 3 is 2.45 bits per heavy atom. The first-order valence-electron chi connectivity index (χ1n) is 9.21. The number of nitrogens with one attached hydrogen (secondary N) is 1. The summed E-state index contributed by atoms with van der Waals surface area (Å²) in [6.45, 7) is 2.45. The Balaban J connectivity index is 1.48. The summed E-state index contributed by atoms with van der Waals surface area (Å²) in [5.41, 5.74) is 4.39. The summed E-state index contributed by atoms with van der Waals surface area (Å²) in [5.74, 6) is -0.368. The third-order valence-electron chi connectivity index (χ3n) is 4.85. The molecule has 5 nitrogen and oxygen atoms in total. The van der Waals surface area contributed by atoms with Crippen molar-refractivity contribution in [1.29, 1.82) is 0 Å². The molecule has 0 spiro atoms. The first-order valence-corrected chi connectivity index (χ1v) is 10.0. The SMILES string of the molecule is Cc1c(CNC(=O)c2ccc(N(C)C)cc2)sc2nc(-c3ccc(F)cc3)cn12. The molecule has 2 aromatic heterocycles. The minimum atomic E-state index is -0.264. The highest BCUT2D eigenvalue weighted by molar-refractivity contribution is 7.17. The smallest absolute Gasteiger partial charge is 0.251 e. The quantitative estimate of drug-likeness (QED) is 0.529. The van der Waals surface area contributed by atoms with E-state index in [1.807, 2.05) is 60.8 Å². The van der Waals surface area contributed by atoms with Crippen molar-refractivity contribution >= 4 is 27.9 Å². The van der Waals surface area contributed by atoms with Crippen LogP contribution in [0.3, 0.4) is 0 Å². The number of amides is 1. The van der Waals surface area contributed by atoms with Gasteiger partial charge >= 0.3 is 0 Å². The van der Waals surface area contributed by atoms with E-state index in [4.69, 9.17) is 0 Å². The lowest BCUT2D eigenvalue weighted by Crippen LogP contribution is -2.22. The summed E-state index contributed by atoms with van der Waals surface area (Å²) >= 11 is 1.54. The lowest BCUT2D eigenvalue weighted by molar-refractivity contribution is 0.0951. The molecule has 7 heteroatoms. The molecule has 0 unspecified atom stereocenters. The van der Waals surface area contributed by atoms with Crippen LogP contribution in [0.2, 0.25) is 0 Å². The van der Waals surface area contributed by atoms with Crippen molar-refractivity contribution in [3.05, 3.63) is 76.7 Å². The summed E-state index contributed by atoms with van der Waals surface area (Å²) in [6, 6.07) is 13.8. The molecule has 0 aliphatic heterocycles. The molecule has 1 N–H and O–H groups in total. The Morgan fingerprint density at radius 1 is 1.14 bits per heavy atom. The van der Waals surface area contributed by atoms with Gasteiger partial charge in [-0.05, 0) is 55.5 Å². The average molecular weight is 409 g/mol. The van der Waals surface area contributed by atoms with Gasteiger partial charge in [0.25, 0.3) is 5.91 Å². The number of thiazole rings is 1. The van der Waals surface area contributed by atoms with Gasteiger partial charge in [0.15, 0.2) is 4.96 Å². The monoisotopic (exact) mass is 408 g/mol. The van der Waals surface area contributed by atoms with Gasteiger partial charge in [0.05, 0.1) is 12.2 Å². The molecule has 0 atom stereocenters. The summed E-state index contributed by atoms with van der Waals surface area (Å²) < 4.78 is 15.1. The third-order valence-corrected chi connectivity index (χ3v) is 6.01. The standard InChI is InChI=1S/C22H21FN4OS/c1-14-20(12-24-21(28)16-6-10-18(11-7-16)26(2)3)29-22-25-19(13-27(14)22)15-4-8-17(23)9-5-15/h4-11,13H,12H2,1-3H3,(H,24,28). The fraction of sp³-hybridized carbons (Fsp3) is 0.182. The van der Waals surface area contributed by atoms with Crippen molar-refractivity contribution in [1.82, 2.24) is 14.7 Å². The molecule has 29 heavy (non-hydrogen) atoms. The van der Waals surface area contributed by atoms with Gasteiger partial charge in [-0.25, -0.2) is 9.37 Å². The van der Waals surface area contributed by atoms with E-state index >= 15 is 0 Å². The molecule has 1 amide bonds. The predicted molar refractivity (Wildman–Crippen MR) is 115 cm³/mol. The van der Waals surface area contributed by atoms with Crippen LogP contribution in [0.1, 0.15) is 20.9 Å². The summed E-state index contributed by atoms with van der Waals surface area (Å²) in [6.07, 6.45) is 1.94. The number of carbonyl (C=O) groups is 1. The van der Waals surface area contributed by atoms with E-state index < -0.39 is 0 Å². The summed E-state index contributed by atoms with van der Waals surface area (Å²) in [5, 5.41) is 2.98. The van der Waals surface area contributed by atoms with Crippen LogP contribution in [0.5, 0.6) is 0 Å². The first-order chi connectivity index (χ1) is 13.9. The molecule has 0 saturated carbocycles. The number of nitrogens with zero attached hydrogens (tertiary/aromatic N) is 3. The highest BCUT2D eigenvalue weighted by Gasteiger charge is 2.14. The Labute approximate surface area is 172 Å². The van der Waals surface area contributed by atoms with E-state index in [2.05, 4.69) is 10.3 Å². The first kappa shape index (κ1) is 19.1. The van der Waals surface area contributed by atoms with Crippen molar-refractivity contribution in [2.75, 3.05) is 19.0 Å². The predicted octanol–water partition coefficient (Wildman–Crippen LogP) is 4.51. The van der Waals surface area contributed by atoms with Crippen LogP contribution in [0.25, 0.3) is 16.2 Å². The molecule has 0 radical (unpaired) electrons. The third kappa shape index (κ3) is 3.86. The number of anilines is 1. The second-order valence-corrected chi connectivity index (χ2v) is 8.08.